The van der Waals surface area contributed by atoms with Crippen molar-refractivity contribution >= 4 is 23.2 Å². The SMILES string of the molecule is C[C@H](C(=O)N1CCC(c2nc(-c3nccs3)cc(=O)[nH]2)CC1)N1CCCC1=O. The van der Waals surface area contributed by atoms with Gasteiger partial charge in [0.15, 0.2) is 0 Å². The maximum atomic E-state index is 12.8. The fraction of sp³-hybridized carbons (Fsp3) is 0.526. The fourth-order valence-corrected chi connectivity index (χ4v) is 4.58. The van der Waals surface area contributed by atoms with E-state index in [4.69, 9.17) is 0 Å². The second-order valence-corrected chi connectivity index (χ2v) is 8.21. The average Bonchev–Trinajstić information content (AvgIpc) is 3.38. The predicted molar refractivity (Wildman–Crippen MR) is 105 cm³/mol. The molecule has 2 amide bonds. The summed E-state index contributed by atoms with van der Waals surface area (Å²) in [6, 6.07) is 1.06. The van der Waals surface area contributed by atoms with Gasteiger partial charge in [0.1, 0.15) is 22.6 Å². The first-order valence-electron chi connectivity index (χ1n) is 9.62. The Bertz CT molecular complexity index is 918. The highest BCUT2D eigenvalue weighted by Gasteiger charge is 2.34. The summed E-state index contributed by atoms with van der Waals surface area (Å²) in [7, 11) is 0. The minimum atomic E-state index is -0.405. The van der Waals surface area contributed by atoms with Gasteiger partial charge in [-0.05, 0) is 26.2 Å². The van der Waals surface area contributed by atoms with Gasteiger partial charge in [0.2, 0.25) is 11.8 Å². The molecule has 2 aromatic rings. The maximum absolute atomic E-state index is 12.8. The van der Waals surface area contributed by atoms with Crippen molar-refractivity contribution in [2.45, 2.75) is 44.6 Å². The van der Waals surface area contributed by atoms with Gasteiger partial charge in [-0.25, -0.2) is 9.97 Å². The average molecular weight is 401 g/mol. The second kappa shape index (κ2) is 7.83. The minimum Gasteiger partial charge on any atom is -0.341 e. The summed E-state index contributed by atoms with van der Waals surface area (Å²) in [4.78, 5) is 52.0. The van der Waals surface area contributed by atoms with Crippen LogP contribution in [0.2, 0.25) is 0 Å². The number of nitrogens with zero attached hydrogens (tertiary/aromatic N) is 4. The van der Waals surface area contributed by atoms with Crippen molar-refractivity contribution in [1.29, 1.82) is 0 Å². The largest absolute Gasteiger partial charge is 0.341 e. The van der Waals surface area contributed by atoms with Crippen LogP contribution in [0.5, 0.6) is 0 Å². The third-order valence-corrected chi connectivity index (χ3v) is 6.34. The van der Waals surface area contributed by atoms with E-state index in [9.17, 15) is 14.4 Å². The normalized spacial score (nSPS) is 19.2. The van der Waals surface area contributed by atoms with Crippen LogP contribution < -0.4 is 5.56 Å². The molecule has 2 aliphatic heterocycles. The summed E-state index contributed by atoms with van der Waals surface area (Å²) >= 11 is 1.45. The van der Waals surface area contributed by atoms with Crippen molar-refractivity contribution in [2.75, 3.05) is 19.6 Å². The first kappa shape index (κ1) is 18.8. The maximum Gasteiger partial charge on any atom is 0.251 e. The van der Waals surface area contributed by atoms with Gasteiger partial charge in [0.05, 0.1) is 0 Å². The zero-order valence-electron chi connectivity index (χ0n) is 15.8. The smallest absolute Gasteiger partial charge is 0.251 e. The van der Waals surface area contributed by atoms with Gasteiger partial charge in [-0.15, -0.1) is 11.3 Å². The molecule has 0 spiro atoms. The molecule has 4 rings (SSSR count). The van der Waals surface area contributed by atoms with Crippen molar-refractivity contribution in [3.8, 4) is 10.7 Å². The third-order valence-electron chi connectivity index (χ3n) is 5.54. The third kappa shape index (κ3) is 3.71. The summed E-state index contributed by atoms with van der Waals surface area (Å²) in [5, 5.41) is 2.58. The Morgan fingerprint density at radius 1 is 1.29 bits per heavy atom. The number of rotatable bonds is 4. The lowest BCUT2D eigenvalue weighted by Crippen LogP contribution is -2.49. The van der Waals surface area contributed by atoms with Crippen LogP contribution in [-0.2, 0) is 9.59 Å². The lowest BCUT2D eigenvalue weighted by molar-refractivity contribution is -0.143. The van der Waals surface area contributed by atoms with Gasteiger partial charge < -0.3 is 14.8 Å². The molecule has 1 N–H and O–H groups in total. The molecule has 0 saturated carbocycles. The van der Waals surface area contributed by atoms with Crippen molar-refractivity contribution in [3.63, 3.8) is 0 Å². The van der Waals surface area contributed by atoms with E-state index in [1.807, 2.05) is 17.2 Å². The van der Waals surface area contributed by atoms with Crippen molar-refractivity contribution in [1.82, 2.24) is 24.8 Å². The quantitative estimate of drug-likeness (QED) is 0.839. The number of aromatic amines is 1. The Labute approximate surface area is 166 Å². The van der Waals surface area contributed by atoms with Crippen molar-refractivity contribution in [3.05, 3.63) is 33.8 Å². The first-order valence-corrected chi connectivity index (χ1v) is 10.5. The van der Waals surface area contributed by atoms with Gasteiger partial charge >= 0.3 is 0 Å². The molecule has 0 bridgehead atoms. The summed E-state index contributed by atoms with van der Waals surface area (Å²) in [5.74, 6) is 0.830. The molecule has 2 saturated heterocycles. The number of amides is 2. The van der Waals surface area contributed by atoms with Crippen LogP contribution in [-0.4, -0.2) is 62.2 Å². The molecule has 0 radical (unpaired) electrons. The lowest BCUT2D eigenvalue weighted by atomic mass is 9.95. The van der Waals surface area contributed by atoms with Gasteiger partial charge in [-0.3, -0.25) is 14.4 Å². The number of H-pyrrole nitrogens is 1. The van der Waals surface area contributed by atoms with E-state index in [0.29, 0.717) is 37.6 Å². The molecule has 1 atom stereocenters. The highest BCUT2D eigenvalue weighted by molar-refractivity contribution is 7.13. The van der Waals surface area contributed by atoms with Crippen LogP contribution in [0.25, 0.3) is 10.7 Å². The minimum absolute atomic E-state index is 0.00619. The van der Waals surface area contributed by atoms with E-state index in [1.165, 1.54) is 17.4 Å². The van der Waals surface area contributed by atoms with Crippen LogP contribution in [0.1, 0.15) is 44.3 Å². The number of hydrogen-bond acceptors (Lipinski definition) is 6. The monoisotopic (exact) mass is 401 g/mol. The Hall–Kier alpha value is -2.55. The van der Waals surface area contributed by atoms with Gasteiger partial charge in [0, 0.05) is 49.6 Å². The Morgan fingerprint density at radius 2 is 2.07 bits per heavy atom. The van der Waals surface area contributed by atoms with Gasteiger partial charge in [-0.1, -0.05) is 0 Å². The second-order valence-electron chi connectivity index (χ2n) is 7.32. The standard InChI is InChI=1S/C19H23N5O3S/c1-12(24-7-2-3-16(24)26)19(27)23-8-4-13(5-9-23)17-21-14(11-15(25)22-17)18-20-6-10-28-18/h6,10-13H,2-5,7-9H2,1H3,(H,21,22,25)/t12-/m1/s1. The number of thiazole rings is 1. The van der Waals surface area contributed by atoms with Gasteiger partial charge in [-0.2, -0.15) is 0 Å². The molecule has 0 aromatic carbocycles. The van der Waals surface area contributed by atoms with Crippen molar-refractivity contribution < 1.29 is 9.59 Å². The first-order chi connectivity index (χ1) is 13.5. The Morgan fingerprint density at radius 3 is 2.71 bits per heavy atom. The molecule has 4 heterocycles. The van der Waals surface area contributed by atoms with Crippen LogP contribution in [0.15, 0.2) is 22.4 Å². The molecular formula is C19H23N5O3S. The Balaban J connectivity index is 1.42. The molecule has 8 nitrogen and oxygen atoms in total. The van der Waals surface area contributed by atoms with E-state index in [1.54, 1.807) is 11.1 Å². The number of hydrogen-bond donors (Lipinski definition) is 1. The van der Waals surface area contributed by atoms with E-state index >= 15 is 0 Å². The van der Waals surface area contributed by atoms with Crippen LogP contribution in [0.3, 0.4) is 0 Å². The lowest BCUT2D eigenvalue weighted by Gasteiger charge is -2.35. The number of carbonyl (C=O) groups is 2. The summed E-state index contributed by atoms with van der Waals surface area (Å²) in [6.07, 6.45) is 4.52. The molecule has 28 heavy (non-hydrogen) atoms. The number of aromatic nitrogens is 3. The summed E-state index contributed by atoms with van der Waals surface area (Å²) in [5.41, 5.74) is 0.406. The van der Waals surface area contributed by atoms with Crippen LogP contribution >= 0.6 is 11.3 Å². The zero-order chi connectivity index (χ0) is 19.7. The predicted octanol–water partition coefficient (Wildman–Crippen LogP) is 1.61. The molecule has 9 heteroatoms. The molecule has 2 fully saturated rings. The number of nitrogens with one attached hydrogen (secondary N) is 1. The zero-order valence-corrected chi connectivity index (χ0v) is 16.6. The number of likely N-dealkylation sites (tertiary alicyclic amines) is 2. The molecule has 2 aromatic heterocycles. The van der Waals surface area contributed by atoms with E-state index in [0.717, 1.165) is 24.3 Å². The van der Waals surface area contributed by atoms with E-state index < -0.39 is 6.04 Å². The van der Waals surface area contributed by atoms with E-state index in [2.05, 4.69) is 15.0 Å². The van der Waals surface area contributed by atoms with E-state index in [-0.39, 0.29) is 23.3 Å². The number of piperidine rings is 1. The Kier molecular flexibility index (Phi) is 5.25. The fourth-order valence-electron chi connectivity index (χ4n) is 3.98. The molecule has 2 aliphatic rings. The highest BCUT2D eigenvalue weighted by atomic mass is 32.1. The molecular weight excluding hydrogens is 378 g/mol. The summed E-state index contributed by atoms with van der Waals surface area (Å²) < 4.78 is 0. The molecule has 0 unspecified atom stereocenters. The van der Waals surface area contributed by atoms with Crippen LogP contribution in [0.4, 0.5) is 0 Å². The molecule has 148 valence electrons. The number of carbonyl (C=O) groups excluding carboxylic acids is 2. The van der Waals surface area contributed by atoms with Crippen LogP contribution in [0, 0.1) is 0 Å². The topological polar surface area (TPSA) is 99.3 Å². The highest BCUT2D eigenvalue weighted by Crippen LogP contribution is 2.28. The van der Waals surface area contributed by atoms with Gasteiger partial charge in [0.25, 0.3) is 5.56 Å². The molecule has 0 aliphatic carbocycles. The van der Waals surface area contributed by atoms with Crippen molar-refractivity contribution in [2.24, 2.45) is 0 Å². The summed E-state index contributed by atoms with van der Waals surface area (Å²) in [6.45, 7) is 3.67.